The van der Waals surface area contributed by atoms with Gasteiger partial charge in [-0.05, 0) is 62.0 Å². The topological polar surface area (TPSA) is 95.0 Å². The number of nitrogens with zero attached hydrogens (tertiary/aromatic N) is 3. The van der Waals surface area contributed by atoms with Crippen LogP contribution in [0.2, 0.25) is 0 Å². The van der Waals surface area contributed by atoms with Crippen LogP contribution in [0.4, 0.5) is 5.82 Å². The van der Waals surface area contributed by atoms with Crippen LogP contribution in [0.15, 0.2) is 18.2 Å². The Bertz CT molecular complexity index is 853. The van der Waals surface area contributed by atoms with Crippen molar-refractivity contribution in [3.8, 4) is 0 Å². The van der Waals surface area contributed by atoms with Crippen molar-refractivity contribution in [1.82, 2.24) is 15.2 Å². The zero-order valence-electron chi connectivity index (χ0n) is 18.8. The van der Waals surface area contributed by atoms with Gasteiger partial charge in [0, 0.05) is 38.8 Å². The Morgan fingerprint density at radius 2 is 1.88 bits per heavy atom. The minimum absolute atomic E-state index is 0.104. The zero-order chi connectivity index (χ0) is 22.3. The molecule has 32 heavy (non-hydrogen) atoms. The lowest BCUT2D eigenvalue weighted by Crippen LogP contribution is -2.61. The SMILES string of the molecule is COC(=O)CCN1CCN(c2cccc(C(=O)NC3C4CC5CC3CC(O)(C5)C4)n2)CC1. The van der Waals surface area contributed by atoms with Gasteiger partial charge in [0.2, 0.25) is 0 Å². The molecule has 8 heteroatoms. The van der Waals surface area contributed by atoms with Crippen molar-refractivity contribution < 1.29 is 19.4 Å². The van der Waals surface area contributed by atoms with Crippen LogP contribution in [-0.2, 0) is 9.53 Å². The number of esters is 1. The van der Waals surface area contributed by atoms with Crippen molar-refractivity contribution in [2.75, 3.05) is 44.7 Å². The minimum Gasteiger partial charge on any atom is -0.469 e. The minimum atomic E-state index is -0.491. The highest BCUT2D eigenvalue weighted by Gasteiger charge is 2.55. The average Bonchev–Trinajstić information content (AvgIpc) is 2.79. The van der Waals surface area contributed by atoms with E-state index in [1.54, 1.807) is 6.07 Å². The molecule has 0 aromatic carbocycles. The van der Waals surface area contributed by atoms with Gasteiger partial charge >= 0.3 is 5.97 Å². The summed E-state index contributed by atoms with van der Waals surface area (Å²) >= 11 is 0. The summed E-state index contributed by atoms with van der Waals surface area (Å²) in [5.41, 5.74) is -0.0299. The number of hydrogen-bond acceptors (Lipinski definition) is 7. The van der Waals surface area contributed by atoms with Crippen LogP contribution in [0.5, 0.6) is 0 Å². The van der Waals surface area contributed by atoms with E-state index in [9.17, 15) is 14.7 Å². The van der Waals surface area contributed by atoms with E-state index in [1.807, 2.05) is 12.1 Å². The maximum atomic E-state index is 13.1. The number of piperazine rings is 1. The van der Waals surface area contributed by atoms with Crippen LogP contribution in [0.1, 0.15) is 49.0 Å². The number of ether oxygens (including phenoxy) is 1. The van der Waals surface area contributed by atoms with Gasteiger partial charge < -0.3 is 20.1 Å². The van der Waals surface area contributed by atoms with Crippen molar-refractivity contribution in [2.24, 2.45) is 17.8 Å². The Hall–Kier alpha value is -2.19. The maximum absolute atomic E-state index is 13.1. The summed E-state index contributed by atoms with van der Waals surface area (Å²) in [5, 5.41) is 14.1. The molecule has 0 spiro atoms. The van der Waals surface area contributed by atoms with Gasteiger partial charge in [0.15, 0.2) is 0 Å². The fraction of sp³-hybridized carbons (Fsp3) is 0.708. The predicted octanol–water partition coefficient (Wildman–Crippen LogP) is 1.44. The van der Waals surface area contributed by atoms with E-state index in [2.05, 4.69) is 20.1 Å². The van der Waals surface area contributed by atoms with Crippen LogP contribution < -0.4 is 10.2 Å². The Kier molecular flexibility index (Phi) is 5.84. The van der Waals surface area contributed by atoms with Gasteiger partial charge in [-0.1, -0.05) is 6.07 Å². The first kappa shape index (κ1) is 21.6. The van der Waals surface area contributed by atoms with E-state index in [0.29, 0.717) is 36.4 Å². The summed E-state index contributed by atoms with van der Waals surface area (Å²) in [4.78, 5) is 33.6. The highest BCUT2D eigenvalue weighted by Crippen LogP contribution is 2.55. The summed E-state index contributed by atoms with van der Waals surface area (Å²) in [6, 6.07) is 5.80. The van der Waals surface area contributed by atoms with E-state index >= 15 is 0 Å². The molecule has 5 aliphatic rings. The number of methoxy groups -OCH3 is 1. The molecule has 1 aliphatic heterocycles. The molecule has 1 aromatic heterocycles. The van der Waals surface area contributed by atoms with Crippen LogP contribution in [0.25, 0.3) is 0 Å². The largest absolute Gasteiger partial charge is 0.469 e. The second kappa shape index (κ2) is 8.63. The zero-order valence-corrected chi connectivity index (χ0v) is 18.8. The third-order valence-corrected chi connectivity index (χ3v) is 8.06. The molecule has 4 saturated carbocycles. The lowest BCUT2D eigenvalue weighted by Gasteiger charge is -2.58. The molecule has 0 radical (unpaired) electrons. The second-order valence-corrected chi connectivity index (χ2v) is 10.2. The van der Waals surface area contributed by atoms with E-state index in [-0.39, 0.29) is 17.9 Å². The van der Waals surface area contributed by atoms with Gasteiger partial charge in [-0.3, -0.25) is 14.5 Å². The number of anilines is 1. The fourth-order valence-corrected chi connectivity index (χ4v) is 6.72. The van der Waals surface area contributed by atoms with Crippen molar-refractivity contribution in [2.45, 2.75) is 50.2 Å². The van der Waals surface area contributed by atoms with Gasteiger partial charge in [-0.25, -0.2) is 4.98 Å². The number of hydrogen-bond donors (Lipinski definition) is 2. The molecule has 2 N–H and O–H groups in total. The normalized spacial score (nSPS) is 33.9. The number of amides is 1. The van der Waals surface area contributed by atoms with Crippen LogP contribution >= 0.6 is 0 Å². The van der Waals surface area contributed by atoms with Crippen LogP contribution in [0, 0.1) is 17.8 Å². The maximum Gasteiger partial charge on any atom is 0.306 e. The number of rotatable bonds is 6. The molecule has 1 saturated heterocycles. The molecule has 174 valence electrons. The molecule has 2 atom stereocenters. The summed E-state index contributed by atoms with van der Waals surface area (Å²) in [7, 11) is 1.42. The van der Waals surface area contributed by atoms with E-state index in [1.165, 1.54) is 7.11 Å². The summed E-state index contributed by atoms with van der Waals surface area (Å²) in [6.45, 7) is 4.03. The average molecular weight is 443 g/mol. The molecular weight excluding hydrogens is 408 g/mol. The molecule has 5 fully saturated rings. The Balaban J connectivity index is 1.18. The molecule has 1 aromatic rings. The molecule has 6 rings (SSSR count). The fourth-order valence-electron chi connectivity index (χ4n) is 6.72. The van der Waals surface area contributed by atoms with E-state index in [4.69, 9.17) is 4.74 Å². The van der Waals surface area contributed by atoms with Crippen molar-refractivity contribution in [3.63, 3.8) is 0 Å². The molecular formula is C24H34N4O4. The second-order valence-electron chi connectivity index (χ2n) is 10.2. The number of pyridine rings is 1. The lowest BCUT2D eigenvalue weighted by molar-refractivity contribution is -0.141. The first-order chi connectivity index (χ1) is 15.4. The van der Waals surface area contributed by atoms with E-state index < -0.39 is 5.60 Å². The molecule has 4 aliphatic carbocycles. The molecule has 8 nitrogen and oxygen atoms in total. The Morgan fingerprint density at radius 1 is 1.16 bits per heavy atom. The third-order valence-electron chi connectivity index (χ3n) is 8.06. The summed E-state index contributed by atoms with van der Waals surface area (Å²) in [5.74, 6) is 1.94. The van der Waals surface area contributed by atoms with Gasteiger partial charge in [-0.15, -0.1) is 0 Å². The lowest BCUT2D eigenvalue weighted by atomic mass is 9.52. The first-order valence-electron chi connectivity index (χ1n) is 12.0. The molecule has 4 bridgehead atoms. The number of aromatic nitrogens is 1. The number of carbonyl (C=O) groups excluding carboxylic acids is 2. The molecule has 2 unspecified atom stereocenters. The molecule has 2 heterocycles. The highest BCUT2D eigenvalue weighted by atomic mass is 16.5. The molecule has 1 amide bonds. The smallest absolute Gasteiger partial charge is 0.306 e. The number of carbonyl (C=O) groups is 2. The van der Waals surface area contributed by atoms with Crippen molar-refractivity contribution in [1.29, 1.82) is 0 Å². The number of aliphatic hydroxyl groups is 1. The van der Waals surface area contributed by atoms with Crippen LogP contribution in [-0.4, -0.2) is 78.3 Å². The van der Waals surface area contributed by atoms with Crippen molar-refractivity contribution >= 4 is 17.7 Å². The van der Waals surface area contributed by atoms with Gasteiger partial charge in [-0.2, -0.15) is 0 Å². The first-order valence-corrected chi connectivity index (χ1v) is 12.0. The highest BCUT2D eigenvalue weighted by molar-refractivity contribution is 5.93. The third kappa shape index (κ3) is 4.35. The Labute approximate surface area is 189 Å². The van der Waals surface area contributed by atoms with E-state index in [0.717, 1.165) is 64.1 Å². The summed E-state index contributed by atoms with van der Waals surface area (Å²) < 4.78 is 4.72. The Morgan fingerprint density at radius 3 is 2.53 bits per heavy atom. The monoisotopic (exact) mass is 442 g/mol. The van der Waals surface area contributed by atoms with Crippen LogP contribution in [0.3, 0.4) is 0 Å². The predicted molar refractivity (Wildman–Crippen MR) is 119 cm³/mol. The van der Waals surface area contributed by atoms with Gasteiger partial charge in [0.25, 0.3) is 5.91 Å². The van der Waals surface area contributed by atoms with Crippen molar-refractivity contribution in [3.05, 3.63) is 23.9 Å². The van der Waals surface area contributed by atoms with Gasteiger partial charge in [0.1, 0.15) is 11.5 Å². The van der Waals surface area contributed by atoms with Gasteiger partial charge in [0.05, 0.1) is 19.1 Å². The summed E-state index contributed by atoms with van der Waals surface area (Å²) in [6.07, 6.45) is 5.23. The quantitative estimate of drug-likeness (QED) is 0.644. The number of nitrogens with one attached hydrogen (secondary N) is 1. The standard InChI is InChI=1S/C24H34N4O4/c1-32-21(29)5-6-27-7-9-28(10-8-27)20-4-2-3-19(25-20)23(30)26-22-17-11-16-12-18(22)15-24(31,13-16)14-17/h2-4,16-18,22,31H,5-15H2,1H3,(H,26,30).